The lowest BCUT2D eigenvalue weighted by molar-refractivity contribution is -0.385. The molecular formula is C21H20N2O7. The van der Waals surface area contributed by atoms with Gasteiger partial charge in [0, 0.05) is 42.8 Å². The number of esters is 1. The molecular weight excluding hydrogens is 392 g/mol. The summed E-state index contributed by atoms with van der Waals surface area (Å²) in [6, 6.07) is 12.3. The van der Waals surface area contributed by atoms with E-state index < -0.39 is 16.8 Å². The highest BCUT2D eigenvalue weighted by molar-refractivity contribution is 5.86. The van der Waals surface area contributed by atoms with Crippen LogP contribution in [0, 0.1) is 16.0 Å². The second-order valence-corrected chi connectivity index (χ2v) is 7.23. The van der Waals surface area contributed by atoms with Crippen LogP contribution in [0.1, 0.15) is 23.1 Å². The number of hydrogen-bond donors (Lipinski definition) is 0. The molecule has 0 radical (unpaired) electrons. The zero-order valence-electron chi connectivity index (χ0n) is 16.1. The number of nitro groups is 1. The van der Waals surface area contributed by atoms with Crippen molar-refractivity contribution < 1.29 is 28.7 Å². The van der Waals surface area contributed by atoms with E-state index in [1.165, 1.54) is 12.1 Å². The van der Waals surface area contributed by atoms with Gasteiger partial charge in [-0.25, -0.2) is 0 Å². The van der Waals surface area contributed by atoms with Gasteiger partial charge in [-0.3, -0.25) is 19.7 Å². The second-order valence-electron chi connectivity index (χ2n) is 7.23. The fourth-order valence-electron chi connectivity index (χ4n) is 3.65. The number of benzene rings is 2. The molecule has 9 heteroatoms. The number of ether oxygens (including phenoxy) is 3. The zero-order valence-corrected chi connectivity index (χ0v) is 16.1. The minimum absolute atomic E-state index is 0.0251. The topological polar surface area (TPSA) is 108 Å². The van der Waals surface area contributed by atoms with Crippen molar-refractivity contribution in [3.05, 3.63) is 69.3 Å². The highest BCUT2D eigenvalue weighted by Gasteiger charge is 2.35. The first-order chi connectivity index (χ1) is 14.5. The van der Waals surface area contributed by atoms with Gasteiger partial charge in [0.2, 0.25) is 5.91 Å². The van der Waals surface area contributed by atoms with Gasteiger partial charge in [0.1, 0.15) is 12.4 Å². The molecule has 2 aromatic rings. The summed E-state index contributed by atoms with van der Waals surface area (Å²) in [5, 5.41) is 11.2. The number of nitro benzene ring substituents is 1. The molecule has 156 valence electrons. The highest BCUT2D eigenvalue weighted by atomic mass is 16.7. The number of carbonyl (C=O) groups excluding carboxylic acids is 2. The Balaban J connectivity index is 1.41. The minimum Gasteiger partial charge on any atom is -0.467 e. The standard InChI is InChI=1S/C21H20N2O7/c24-19-8-15(10-22(19)9-14-4-2-1-3-5-14)21(25)29-12-17-7-18(23(26)27)6-16-11-28-13-30-20(16)17/h1-7,15H,8-13H2/t15-/m0/s1. The average Bonchev–Trinajstić information content (AvgIpc) is 3.12. The summed E-state index contributed by atoms with van der Waals surface area (Å²) in [6.45, 7) is 0.757. The molecule has 0 bridgehead atoms. The molecule has 0 saturated carbocycles. The van der Waals surface area contributed by atoms with Gasteiger partial charge in [0.05, 0.1) is 17.4 Å². The third-order valence-electron chi connectivity index (χ3n) is 5.12. The molecule has 1 fully saturated rings. The molecule has 0 aromatic heterocycles. The van der Waals surface area contributed by atoms with Crippen LogP contribution in [0.25, 0.3) is 0 Å². The smallest absolute Gasteiger partial charge is 0.311 e. The minimum atomic E-state index is -0.569. The summed E-state index contributed by atoms with van der Waals surface area (Å²) in [5.74, 6) is -0.743. The Morgan fingerprint density at radius 1 is 1.27 bits per heavy atom. The van der Waals surface area contributed by atoms with E-state index in [9.17, 15) is 19.7 Å². The normalized spacial score (nSPS) is 17.9. The molecule has 0 unspecified atom stereocenters. The third kappa shape index (κ3) is 4.25. The summed E-state index contributed by atoms with van der Waals surface area (Å²) in [6.07, 6.45) is 0.0864. The second kappa shape index (κ2) is 8.50. The first kappa shape index (κ1) is 19.8. The van der Waals surface area contributed by atoms with E-state index in [1.54, 1.807) is 4.90 Å². The van der Waals surface area contributed by atoms with Gasteiger partial charge >= 0.3 is 5.97 Å². The Kier molecular flexibility index (Phi) is 5.62. The summed E-state index contributed by atoms with van der Waals surface area (Å²) >= 11 is 0. The van der Waals surface area contributed by atoms with E-state index in [0.29, 0.717) is 23.4 Å². The number of carbonyl (C=O) groups is 2. The van der Waals surface area contributed by atoms with Gasteiger partial charge < -0.3 is 19.1 Å². The average molecular weight is 412 g/mol. The Hall–Kier alpha value is -3.46. The molecule has 0 N–H and O–H groups in total. The number of likely N-dealkylation sites (tertiary alicyclic amines) is 1. The van der Waals surface area contributed by atoms with E-state index >= 15 is 0 Å². The lowest BCUT2D eigenvalue weighted by Gasteiger charge is -2.21. The molecule has 2 aromatic carbocycles. The van der Waals surface area contributed by atoms with Crippen molar-refractivity contribution in [2.24, 2.45) is 5.92 Å². The van der Waals surface area contributed by atoms with Crippen LogP contribution in [-0.2, 0) is 38.8 Å². The van der Waals surface area contributed by atoms with Crippen molar-refractivity contribution >= 4 is 17.6 Å². The lowest BCUT2D eigenvalue weighted by Crippen LogP contribution is -2.26. The Labute approximate surface area is 172 Å². The third-order valence-corrected chi connectivity index (χ3v) is 5.12. The fraction of sp³-hybridized carbons (Fsp3) is 0.333. The maximum Gasteiger partial charge on any atom is 0.311 e. The van der Waals surface area contributed by atoms with E-state index in [0.717, 1.165) is 5.56 Å². The summed E-state index contributed by atoms with van der Waals surface area (Å²) in [4.78, 5) is 37.1. The number of amides is 1. The number of rotatable bonds is 6. The fourth-order valence-corrected chi connectivity index (χ4v) is 3.65. The van der Waals surface area contributed by atoms with Crippen molar-refractivity contribution in [2.45, 2.75) is 26.2 Å². The number of non-ortho nitro benzene ring substituents is 1. The van der Waals surface area contributed by atoms with Gasteiger partial charge in [-0.05, 0) is 5.56 Å². The van der Waals surface area contributed by atoms with Crippen LogP contribution in [0.15, 0.2) is 42.5 Å². The number of hydrogen-bond acceptors (Lipinski definition) is 7. The Bertz CT molecular complexity index is 977. The predicted octanol–water partition coefficient (Wildman–Crippen LogP) is 2.55. The highest BCUT2D eigenvalue weighted by Crippen LogP contribution is 2.33. The van der Waals surface area contributed by atoms with Crippen LogP contribution in [0.2, 0.25) is 0 Å². The van der Waals surface area contributed by atoms with Crippen LogP contribution >= 0.6 is 0 Å². The summed E-state index contributed by atoms with van der Waals surface area (Å²) in [5.41, 5.74) is 1.80. The molecule has 9 nitrogen and oxygen atoms in total. The molecule has 1 atom stereocenters. The van der Waals surface area contributed by atoms with Crippen LogP contribution < -0.4 is 4.74 Å². The van der Waals surface area contributed by atoms with Crippen LogP contribution in [0.4, 0.5) is 5.69 Å². The maximum atomic E-state index is 12.5. The van der Waals surface area contributed by atoms with Crippen molar-refractivity contribution in [3.63, 3.8) is 0 Å². The van der Waals surface area contributed by atoms with Crippen molar-refractivity contribution in [1.29, 1.82) is 0 Å². The van der Waals surface area contributed by atoms with E-state index in [-0.39, 0.29) is 44.6 Å². The first-order valence-electron chi connectivity index (χ1n) is 9.50. The van der Waals surface area contributed by atoms with Gasteiger partial charge in [0.15, 0.2) is 6.79 Å². The first-order valence-corrected chi connectivity index (χ1v) is 9.50. The molecule has 2 aliphatic rings. The summed E-state index contributed by atoms with van der Waals surface area (Å²) < 4.78 is 16.0. The molecule has 1 amide bonds. The molecule has 2 aliphatic heterocycles. The van der Waals surface area contributed by atoms with Gasteiger partial charge in [-0.15, -0.1) is 0 Å². The zero-order chi connectivity index (χ0) is 21.1. The van der Waals surface area contributed by atoms with Crippen molar-refractivity contribution in [3.8, 4) is 5.75 Å². The van der Waals surface area contributed by atoms with Gasteiger partial charge in [0.25, 0.3) is 5.69 Å². The van der Waals surface area contributed by atoms with Crippen LogP contribution in [0.3, 0.4) is 0 Å². The SMILES string of the molecule is O=C(OCc1cc([N+](=O)[O-])cc2c1OCOC2)[C@H]1CC(=O)N(Cc2ccccc2)C1. The molecule has 30 heavy (non-hydrogen) atoms. The predicted molar refractivity (Wildman–Crippen MR) is 103 cm³/mol. The Morgan fingerprint density at radius 2 is 2.07 bits per heavy atom. The molecule has 0 aliphatic carbocycles. The van der Waals surface area contributed by atoms with Gasteiger partial charge in [-0.1, -0.05) is 30.3 Å². The van der Waals surface area contributed by atoms with Crippen LogP contribution in [-0.4, -0.2) is 35.0 Å². The number of fused-ring (bicyclic) bond motifs is 1. The van der Waals surface area contributed by atoms with Crippen molar-refractivity contribution in [2.75, 3.05) is 13.3 Å². The number of nitrogens with zero attached hydrogens (tertiary/aromatic N) is 2. The van der Waals surface area contributed by atoms with Crippen LogP contribution in [0.5, 0.6) is 5.75 Å². The summed E-state index contributed by atoms with van der Waals surface area (Å²) in [7, 11) is 0. The lowest BCUT2D eigenvalue weighted by atomic mass is 10.1. The maximum absolute atomic E-state index is 12.5. The van der Waals surface area contributed by atoms with Gasteiger partial charge in [-0.2, -0.15) is 0 Å². The largest absolute Gasteiger partial charge is 0.467 e. The molecule has 0 spiro atoms. The van der Waals surface area contributed by atoms with E-state index in [1.807, 2.05) is 30.3 Å². The van der Waals surface area contributed by atoms with E-state index in [4.69, 9.17) is 14.2 Å². The van der Waals surface area contributed by atoms with Crippen molar-refractivity contribution in [1.82, 2.24) is 4.90 Å². The molecule has 2 heterocycles. The Morgan fingerprint density at radius 3 is 2.83 bits per heavy atom. The monoisotopic (exact) mass is 412 g/mol. The van der Waals surface area contributed by atoms with E-state index in [2.05, 4.69) is 0 Å². The quantitative estimate of drug-likeness (QED) is 0.407. The molecule has 4 rings (SSSR count). The molecule has 1 saturated heterocycles.